The van der Waals surface area contributed by atoms with Gasteiger partial charge < -0.3 is 14.7 Å². The summed E-state index contributed by atoms with van der Waals surface area (Å²) in [5.41, 5.74) is 1.43. The molecule has 1 amide bonds. The fraction of sp³-hybridized carbons (Fsp3) is 0.750. The van der Waals surface area contributed by atoms with Gasteiger partial charge in [-0.2, -0.15) is 0 Å². The molecule has 1 aromatic heterocycles. The van der Waals surface area contributed by atoms with E-state index in [4.69, 9.17) is 0 Å². The third-order valence-electron chi connectivity index (χ3n) is 5.87. The summed E-state index contributed by atoms with van der Waals surface area (Å²) in [6, 6.07) is 0. The van der Waals surface area contributed by atoms with Crippen LogP contribution in [0.15, 0.2) is 12.5 Å². The fourth-order valence-electron chi connectivity index (χ4n) is 4.35. The van der Waals surface area contributed by atoms with E-state index < -0.39 is 0 Å². The Balaban J connectivity index is 1.76. The van der Waals surface area contributed by atoms with Gasteiger partial charge in [-0.3, -0.25) is 4.79 Å². The van der Waals surface area contributed by atoms with Crippen LogP contribution in [0.25, 0.3) is 0 Å². The van der Waals surface area contributed by atoms with Crippen molar-refractivity contribution in [1.82, 2.24) is 19.8 Å². The van der Waals surface area contributed by atoms with Gasteiger partial charge in [0.25, 0.3) is 0 Å². The molecule has 3 heterocycles. The Kier molecular flexibility index (Phi) is 5.80. The molecule has 1 aromatic rings. The van der Waals surface area contributed by atoms with Gasteiger partial charge in [0.15, 0.2) is 0 Å². The van der Waals surface area contributed by atoms with Crippen LogP contribution in [0.5, 0.6) is 0 Å². The monoisotopic (exact) mass is 359 g/mol. The smallest absolute Gasteiger partial charge is 0.222 e. The number of amides is 1. The number of nitrogens with zero attached hydrogens (tertiary/aromatic N) is 5. The molecule has 2 aliphatic heterocycles. The van der Waals surface area contributed by atoms with E-state index in [1.807, 2.05) is 6.20 Å². The molecule has 144 valence electrons. The highest BCUT2D eigenvalue weighted by atomic mass is 16.2. The van der Waals surface area contributed by atoms with Crippen LogP contribution < -0.4 is 4.90 Å². The quantitative estimate of drug-likeness (QED) is 0.808. The third kappa shape index (κ3) is 4.17. The number of piperidine rings is 2. The van der Waals surface area contributed by atoms with Gasteiger partial charge in [0.1, 0.15) is 12.1 Å². The molecular weight excluding hydrogens is 326 g/mol. The van der Waals surface area contributed by atoms with Crippen LogP contribution in [-0.4, -0.2) is 72.5 Å². The molecule has 2 fully saturated rings. The minimum Gasteiger partial charge on any atom is -0.356 e. The maximum absolute atomic E-state index is 12.4. The summed E-state index contributed by atoms with van der Waals surface area (Å²) in [5, 5.41) is 0. The number of carbonyl (C=O) groups excluding carboxylic acids is 1. The van der Waals surface area contributed by atoms with Crippen LogP contribution in [0.2, 0.25) is 0 Å². The van der Waals surface area contributed by atoms with Crippen LogP contribution >= 0.6 is 0 Å². The fourth-order valence-corrected chi connectivity index (χ4v) is 4.35. The summed E-state index contributed by atoms with van der Waals surface area (Å²) < 4.78 is 0. The highest BCUT2D eigenvalue weighted by molar-refractivity contribution is 5.77. The van der Waals surface area contributed by atoms with Gasteiger partial charge >= 0.3 is 0 Å². The maximum Gasteiger partial charge on any atom is 0.222 e. The van der Waals surface area contributed by atoms with Crippen LogP contribution in [0.1, 0.15) is 51.0 Å². The maximum atomic E-state index is 12.4. The summed E-state index contributed by atoms with van der Waals surface area (Å²) >= 11 is 0. The molecule has 1 atom stereocenters. The lowest BCUT2D eigenvalue weighted by Crippen LogP contribution is -2.55. The Bertz CT molecular complexity index is 632. The molecule has 0 N–H and O–H groups in total. The van der Waals surface area contributed by atoms with Crippen molar-refractivity contribution in [3.8, 4) is 0 Å². The normalized spacial score (nSPS) is 24.2. The van der Waals surface area contributed by atoms with Crippen LogP contribution in [0.3, 0.4) is 0 Å². The molecule has 26 heavy (non-hydrogen) atoms. The van der Waals surface area contributed by atoms with Gasteiger partial charge in [-0.25, -0.2) is 9.97 Å². The first kappa shape index (κ1) is 19.1. The number of likely N-dealkylation sites (tertiary alicyclic amines) is 1. The lowest BCUT2D eigenvalue weighted by Gasteiger charge is -2.49. The molecule has 6 heteroatoms. The van der Waals surface area contributed by atoms with E-state index in [-0.39, 0.29) is 5.41 Å². The van der Waals surface area contributed by atoms with Crippen molar-refractivity contribution < 1.29 is 4.79 Å². The Morgan fingerprint density at radius 1 is 1.27 bits per heavy atom. The van der Waals surface area contributed by atoms with Crippen molar-refractivity contribution in [2.24, 2.45) is 5.41 Å². The van der Waals surface area contributed by atoms with Gasteiger partial charge in [0.2, 0.25) is 5.91 Å². The molecule has 6 nitrogen and oxygen atoms in total. The van der Waals surface area contributed by atoms with Crippen LogP contribution in [0.4, 0.5) is 5.82 Å². The Morgan fingerprint density at radius 2 is 2.08 bits per heavy atom. The van der Waals surface area contributed by atoms with E-state index >= 15 is 0 Å². The summed E-state index contributed by atoms with van der Waals surface area (Å²) in [7, 11) is 4.13. The first-order chi connectivity index (χ1) is 12.4. The average molecular weight is 360 g/mol. The predicted molar refractivity (Wildman–Crippen MR) is 104 cm³/mol. The van der Waals surface area contributed by atoms with Gasteiger partial charge in [-0.15, -0.1) is 0 Å². The minimum atomic E-state index is 0.206. The largest absolute Gasteiger partial charge is 0.356 e. The molecule has 0 aliphatic carbocycles. The molecule has 0 saturated carbocycles. The number of hydrogen-bond acceptors (Lipinski definition) is 5. The van der Waals surface area contributed by atoms with E-state index in [9.17, 15) is 4.79 Å². The molecule has 1 spiro atoms. The highest BCUT2D eigenvalue weighted by Crippen LogP contribution is 2.40. The number of likely N-dealkylation sites (N-methyl/N-ethyl adjacent to an activating group) is 1. The van der Waals surface area contributed by atoms with Crippen LogP contribution in [-0.2, 0) is 4.79 Å². The zero-order valence-electron chi connectivity index (χ0n) is 16.7. The summed E-state index contributed by atoms with van der Waals surface area (Å²) in [6.07, 6.45) is 7.68. The number of aromatic nitrogens is 2. The molecular formula is C20H33N5O. The predicted octanol–water partition coefficient (Wildman–Crippen LogP) is 2.37. The molecule has 2 aliphatic rings. The third-order valence-corrected chi connectivity index (χ3v) is 5.87. The standard InChI is InChI=1S/C20H33N5O/c1-16(2)17-12-21-15-22-19(17)25-9-5-7-20(14-25)8-6-18(26)24(13-20)11-10-23(3)4/h12,15-16H,5-11,13-14H2,1-4H3/t20-/m1/s1. The summed E-state index contributed by atoms with van der Waals surface area (Å²) in [4.78, 5) is 27.9. The zero-order valence-corrected chi connectivity index (χ0v) is 16.7. The second-order valence-electron chi connectivity index (χ2n) is 8.60. The summed E-state index contributed by atoms with van der Waals surface area (Å²) in [6.45, 7) is 9.08. The first-order valence-electron chi connectivity index (χ1n) is 9.87. The van der Waals surface area contributed by atoms with Crippen molar-refractivity contribution in [3.63, 3.8) is 0 Å². The van der Waals surface area contributed by atoms with Gasteiger partial charge in [0.05, 0.1) is 0 Å². The lowest BCUT2D eigenvalue weighted by molar-refractivity contribution is -0.138. The number of carbonyl (C=O) groups is 1. The number of anilines is 1. The molecule has 2 saturated heterocycles. The van der Waals surface area contributed by atoms with Crippen molar-refractivity contribution in [2.75, 3.05) is 51.7 Å². The number of rotatable bonds is 5. The van der Waals surface area contributed by atoms with Crippen molar-refractivity contribution >= 4 is 11.7 Å². The van der Waals surface area contributed by atoms with E-state index in [0.717, 1.165) is 51.4 Å². The average Bonchev–Trinajstić information content (AvgIpc) is 2.63. The highest BCUT2D eigenvalue weighted by Gasteiger charge is 2.42. The van der Waals surface area contributed by atoms with Crippen molar-refractivity contribution in [2.45, 2.75) is 45.4 Å². The second kappa shape index (κ2) is 7.91. The molecule has 0 aromatic carbocycles. The summed E-state index contributed by atoms with van der Waals surface area (Å²) in [5.74, 6) is 1.82. The molecule has 0 bridgehead atoms. The first-order valence-corrected chi connectivity index (χ1v) is 9.87. The second-order valence-corrected chi connectivity index (χ2v) is 8.60. The van der Waals surface area contributed by atoms with Crippen LogP contribution in [0, 0.1) is 5.41 Å². The van der Waals surface area contributed by atoms with E-state index in [1.54, 1.807) is 6.33 Å². The lowest BCUT2D eigenvalue weighted by atomic mass is 9.73. The van der Waals surface area contributed by atoms with Crippen molar-refractivity contribution in [3.05, 3.63) is 18.1 Å². The SMILES string of the molecule is CC(C)c1cncnc1N1CCC[C@]2(CCC(=O)N(CCN(C)C)C2)C1. The minimum absolute atomic E-state index is 0.206. The van der Waals surface area contributed by atoms with E-state index in [0.29, 0.717) is 18.2 Å². The Hall–Kier alpha value is -1.69. The van der Waals surface area contributed by atoms with Gasteiger partial charge in [0, 0.05) is 56.3 Å². The van der Waals surface area contributed by atoms with Gasteiger partial charge in [-0.1, -0.05) is 13.8 Å². The topological polar surface area (TPSA) is 52.6 Å². The Morgan fingerprint density at radius 3 is 2.81 bits per heavy atom. The van der Waals surface area contributed by atoms with Gasteiger partial charge in [-0.05, 0) is 39.3 Å². The molecule has 3 rings (SSSR count). The molecule has 0 unspecified atom stereocenters. The van der Waals surface area contributed by atoms with E-state index in [2.05, 4.69) is 52.6 Å². The molecule has 0 radical (unpaired) electrons. The van der Waals surface area contributed by atoms with Crippen molar-refractivity contribution in [1.29, 1.82) is 0 Å². The van der Waals surface area contributed by atoms with E-state index in [1.165, 1.54) is 12.0 Å². The number of hydrogen-bond donors (Lipinski definition) is 0. The Labute approximate surface area is 157 Å². The zero-order chi connectivity index (χ0) is 18.7.